The van der Waals surface area contributed by atoms with Crippen LogP contribution in [0.25, 0.3) is 0 Å². The van der Waals surface area contributed by atoms with Crippen molar-refractivity contribution in [2.75, 3.05) is 12.8 Å². The zero-order valence-electron chi connectivity index (χ0n) is 11.7. The molecule has 7 heteroatoms. The summed E-state index contributed by atoms with van der Waals surface area (Å²) in [5, 5.41) is 8.79. The molecule has 0 fully saturated rings. The second kappa shape index (κ2) is 5.37. The molecule has 2 N–H and O–H groups in total. The topological polar surface area (TPSA) is 77.0 Å². The van der Waals surface area contributed by atoms with Crippen LogP contribution in [0.1, 0.15) is 28.4 Å². The summed E-state index contributed by atoms with van der Waals surface area (Å²) in [7, 11) is 1.72. The maximum atomic E-state index is 12.5. The first-order chi connectivity index (χ1) is 10.1. The van der Waals surface area contributed by atoms with Crippen LogP contribution in [0.5, 0.6) is 0 Å². The van der Waals surface area contributed by atoms with Crippen molar-refractivity contribution >= 4 is 23.2 Å². The second-order valence-corrected chi connectivity index (χ2v) is 5.62. The van der Waals surface area contributed by atoms with E-state index in [9.17, 15) is 4.79 Å². The number of nitrogens with two attached hydrogens (primary N) is 1. The minimum Gasteiger partial charge on any atom is -0.398 e. The molecule has 1 aliphatic heterocycles. The van der Waals surface area contributed by atoms with Crippen LogP contribution in [0.15, 0.2) is 18.2 Å². The average Bonchev–Trinajstić information content (AvgIpc) is 3.05. The number of hydrogen-bond donors (Lipinski definition) is 1. The lowest BCUT2D eigenvalue weighted by molar-refractivity contribution is 0.0781. The first-order valence-corrected chi connectivity index (χ1v) is 7.15. The van der Waals surface area contributed by atoms with Crippen LogP contribution >= 0.6 is 11.6 Å². The van der Waals surface area contributed by atoms with Gasteiger partial charge >= 0.3 is 0 Å². The fourth-order valence-electron chi connectivity index (χ4n) is 2.53. The first-order valence-electron chi connectivity index (χ1n) is 6.77. The molecule has 0 unspecified atom stereocenters. The molecule has 0 saturated heterocycles. The Morgan fingerprint density at radius 1 is 1.48 bits per heavy atom. The van der Waals surface area contributed by atoms with Crippen LogP contribution < -0.4 is 5.73 Å². The Morgan fingerprint density at radius 3 is 3.10 bits per heavy atom. The van der Waals surface area contributed by atoms with Crippen molar-refractivity contribution < 1.29 is 4.79 Å². The van der Waals surface area contributed by atoms with Gasteiger partial charge in [-0.15, -0.1) is 10.2 Å². The maximum absolute atomic E-state index is 12.5. The molecule has 21 heavy (non-hydrogen) atoms. The predicted octanol–water partition coefficient (Wildman–Crippen LogP) is 1.73. The molecule has 0 radical (unpaired) electrons. The number of hydrogen-bond acceptors (Lipinski definition) is 4. The largest absolute Gasteiger partial charge is 0.398 e. The van der Waals surface area contributed by atoms with E-state index in [2.05, 4.69) is 14.8 Å². The number of anilines is 1. The number of halogens is 1. The summed E-state index contributed by atoms with van der Waals surface area (Å²) in [6.07, 6.45) is 2.03. The Kier molecular flexibility index (Phi) is 3.55. The quantitative estimate of drug-likeness (QED) is 0.876. The van der Waals surface area contributed by atoms with Crippen molar-refractivity contribution in [1.29, 1.82) is 0 Å². The molecule has 2 heterocycles. The fourth-order valence-corrected chi connectivity index (χ4v) is 2.70. The standard InChI is InChI=1S/C14H16ClN5O/c1-19(8-13-18-17-12-3-2-6-20(12)13)14(21)10-7-9(15)4-5-11(10)16/h4-5,7H,2-3,6,8,16H2,1H3. The monoisotopic (exact) mass is 305 g/mol. The maximum Gasteiger partial charge on any atom is 0.256 e. The van der Waals surface area contributed by atoms with Gasteiger partial charge in [-0.2, -0.15) is 0 Å². The minimum absolute atomic E-state index is 0.176. The number of aryl methyl sites for hydroxylation is 1. The fraction of sp³-hybridized carbons (Fsp3) is 0.357. The van der Waals surface area contributed by atoms with Crippen molar-refractivity contribution in [2.45, 2.75) is 25.9 Å². The molecule has 1 aromatic carbocycles. The average molecular weight is 306 g/mol. The number of nitrogens with zero attached hydrogens (tertiary/aromatic N) is 4. The van der Waals surface area contributed by atoms with E-state index in [-0.39, 0.29) is 5.91 Å². The van der Waals surface area contributed by atoms with E-state index in [4.69, 9.17) is 17.3 Å². The number of nitrogen functional groups attached to an aromatic ring is 1. The third kappa shape index (κ3) is 2.58. The highest BCUT2D eigenvalue weighted by molar-refractivity contribution is 6.31. The van der Waals surface area contributed by atoms with Crippen LogP contribution in [0.3, 0.4) is 0 Å². The molecule has 0 spiro atoms. The lowest BCUT2D eigenvalue weighted by atomic mass is 10.1. The summed E-state index contributed by atoms with van der Waals surface area (Å²) >= 11 is 5.93. The van der Waals surface area contributed by atoms with Crippen LogP contribution in [0.4, 0.5) is 5.69 Å². The molecule has 2 aromatic rings. The highest BCUT2D eigenvalue weighted by Crippen LogP contribution is 2.20. The zero-order chi connectivity index (χ0) is 15.0. The van der Waals surface area contributed by atoms with Crippen LogP contribution in [-0.4, -0.2) is 32.6 Å². The summed E-state index contributed by atoms with van der Waals surface area (Å²) in [6, 6.07) is 4.89. The Morgan fingerprint density at radius 2 is 2.29 bits per heavy atom. The van der Waals surface area contributed by atoms with E-state index >= 15 is 0 Å². The van der Waals surface area contributed by atoms with Crippen molar-refractivity contribution in [3.05, 3.63) is 40.4 Å². The van der Waals surface area contributed by atoms with E-state index in [0.717, 1.165) is 31.0 Å². The number of amides is 1. The van der Waals surface area contributed by atoms with Gasteiger partial charge in [-0.3, -0.25) is 4.79 Å². The smallest absolute Gasteiger partial charge is 0.256 e. The Balaban J connectivity index is 1.80. The number of aromatic nitrogens is 3. The summed E-state index contributed by atoms with van der Waals surface area (Å²) in [5.41, 5.74) is 6.68. The van der Waals surface area contributed by atoms with Gasteiger partial charge in [0.15, 0.2) is 5.82 Å². The van der Waals surface area contributed by atoms with Gasteiger partial charge in [0.2, 0.25) is 0 Å². The molecular weight excluding hydrogens is 290 g/mol. The Hall–Kier alpha value is -2.08. The third-order valence-electron chi connectivity index (χ3n) is 3.66. The Bertz CT molecular complexity index is 697. The van der Waals surface area contributed by atoms with E-state index < -0.39 is 0 Å². The van der Waals surface area contributed by atoms with Gasteiger partial charge in [-0.25, -0.2) is 0 Å². The normalized spacial score (nSPS) is 13.2. The highest BCUT2D eigenvalue weighted by Gasteiger charge is 2.21. The number of fused-ring (bicyclic) bond motifs is 1. The van der Waals surface area contributed by atoms with E-state index in [0.29, 0.717) is 22.8 Å². The number of carbonyl (C=O) groups is 1. The van der Waals surface area contributed by atoms with Gasteiger partial charge in [0.05, 0.1) is 12.1 Å². The van der Waals surface area contributed by atoms with Crippen LogP contribution in [0, 0.1) is 0 Å². The van der Waals surface area contributed by atoms with Gasteiger partial charge in [0.1, 0.15) is 5.82 Å². The summed E-state index contributed by atoms with van der Waals surface area (Å²) in [6.45, 7) is 1.32. The summed E-state index contributed by atoms with van der Waals surface area (Å²) < 4.78 is 2.07. The third-order valence-corrected chi connectivity index (χ3v) is 3.89. The van der Waals surface area contributed by atoms with Gasteiger partial charge in [0.25, 0.3) is 5.91 Å². The van der Waals surface area contributed by atoms with E-state index in [1.807, 2.05) is 0 Å². The lowest BCUT2D eigenvalue weighted by Crippen LogP contribution is -2.28. The van der Waals surface area contributed by atoms with Crippen molar-refractivity contribution in [2.24, 2.45) is 0 Å². The first kappa shape index (κ1) is 13.9. The molecule has 3 rings (SSSR count). The molecule has 0 saturated carbocycles. The molecule has 1 amide bonds. The second-order valence-electron chi connectivity index (χ2n) is 5.18. The van der Waals surface area contributed by atoms with Crippen molar-refractivity contribution in [3.63, 3.8) is 0 Å². The molecule has 0 atom stereocenters. The molecule has 0 aliphatic carbocycles. The molecule has 1 aromatic heterocycles. The van der Waals surface area contributed by atoms with Gasteiger partial charge in [-0.1, -0.05) is 11.6 Å². The molecule has 1 aliphatic rings. The highest BCUT2D eigenvalue weighted by atomic mass is 35.5. The van der Waals surface area contributed by atoms with Crippen LogP contribution in [0.2, 0.25) is 5.02 Å². The Labute approximate surface area is 127 Å². The molecule has 0 bridgehead atoms. The summed E-state index contributed by atoms with van der Waals surface area (Å²) in [5.74, 6) is 1.62. The predicted molar refractivity (Wildman–Crippen MR) is 80.0 cm³/mol. The van der Waals surface area contributed by atoms with Crippen molar-refractivity contribution in [3.8, 4) is 0 Å². The van der Waals surface area contributed by atoms with Crippen LogP contribution in [-0.2, 0) is 19.5 Å². The molecular formula is C14H16ClN5O. The molecule has 6 nitrogen and oxygen atoms in total. The molecule has 110 valence electrons. The number of carbonyl (C=O) groups excluding carboxylic acids is 1. The van der Waals surface area contributed by atoms with Gasteiger partial charge < -0.3 is 15.2 Å². The SMILES string of the molecule is CN(Cc1nnc2n1CCC2)C(=O)c1cc(Cl)ccc1N. The number of rotatable bonds is 3. The lowest BCUT2D eigenvalue weighted by Gasteiger charge is -2.18. The zero-order valence-corrected chi connectivity index (χ0v) is 12.5. The van der Waals surface area contributed by atoms with Crippen molar-refractivity contribution in [1.82, 2.24) is 19.7 Å². The van der Waals surface area contributed by atoms with E-state index in [1.165, 1.54) is 0 Å². The minimum atomic E-state index is -0.176. The van der Waals surface area contributed by atoms with E-state index in [1.54, 1.807) is 30.1 Å². The number of benzene rings is 1. The van der Waals surface area contributed by atoms with Gasteiger partial charge in [0, 0.05) is 30.7 Å². The summed E-state index contributed by atoms with van der Waals surface area (Å²) in [4.78, 5) is 14.1. The van der Waals surface area contributed by atoms with Gasteiger partial charge in [-0.05, 0) is 24.6 Å².